The molecule has 0 spiro atoms. The fourth-order valence-electron chi connectivity index (χ4n) is 2.07. The van der Waals surface area contributed by atoms with Crippen molar-refractivity contribution < 1.29 is 9.59 Å². The molecule has 90 valence electrons. The molecule has 1 aliphatic rings. The summed E-state index contributed by atoms with van der Waals surface area (Å²) in [5.74, 6) is 0.0924. The largest absolute Gasteiger partial charge is 0.326 e. The predicted molar refractivity (Wildman–Crippen MR) is 67.1 cm³/mol. The van der Waals surface area contributed by atoms with Crippen molar-refractivity contribution >= 4 is 23.2 Å². The average Bonchev–Trinajstić information content (AvgIpc) is 2.67. The molecule has 1 fully saturated rings. The molecule has 0 bridgehead atoms. The molecule has 1 heterocycles. The highest BCUT2D eigenvalue weighted by Crippen LogP contribution is 2.26. The van der Waals surface area contributed by atoms with Crippen LogP contribution in [0, 0.1) is 6.92 Å². The number of rotatable bonds is 2. The Morgan fingerprint density at radius 3 is 2.71 bits per heavy atom. The van der Waals surface area contributed by atoms with Gasteiger partial charge in [0, 0.05) is 31.3 Å². The molecule has 17 heavy (non-hydrogen) atoms. The number of hydrogen-bond donors (Lipinski definition) is 1. The molecular weight excluding hydrogens is 216 g/mol. The van der Waals surface area contributed by atoms with E-state index in [0.717, 1.165) is 29.9 Å². The van der Waals surface area contributed by atoms with E-state index in [4.69, 9.17) is 0 Å². The molecule has 0 radical (unpaired) electrons. The summed E-state index contributed by atoms with van der Waals surface area (Å²) in [7, 11) is 0. The zero-order valence-corrected chi connectivity index (χ0v) is 10.1. The van der Waals surface area contributed by atoms with E-state index in [1.807, 2.05) is 25.1 Å². The van der Waals surface area contributed by atoms with Gasteiger partial charge in [-0.1, -0.05) is 0 Å². The molecule has 1 aromatic rings. The molecule has 1 N–H and O–H groups in total. The Kier molecular flexibility index (Phi) is 3.13. The van der Waals surface area contributed by atoms with Gasteiger partial charge in [-0.3, -0.25) is 9.59 Å². The van der Waals surface area contributed by atoms with E-state index < -0.39 is 0 Å². The Bertz CT molecular complexity index is 468. The summed E-state index contributed by atoms with van der Waals surface area (Å²) in [5, 5.41) is 2.76. The molecule has 0 aliphatic carbocycles. The SMILES string of the molecule is CC(=O)Nc1ccc(N2CCCC2=O)cc1C. The van der Waals surface area contributed by atoms with Crippen molar-refractivity contribution in [2.45, 2.75) is 26.7 Å². The molecule has 0 aromatic heterocycles. The molecule has 0 atom stereocenters. The van der Waals surface area contributed by atoms with Gasteiger partial charge in [0.15, 0.2) is 0 Å². The van der Waals surface area contributed by atoms with Crippen LogP contribution in [0.1, 0.15) is 25.3 Å². The van der Waals surface area contributed by atoms with Crippen LogP contribution in [0.25, 0.3) is 0 Å². The lowest BCUT2D eigenvalue weighted by atomic mass is 10.1. The Labute approximate surface area is 101 Å². The van der Waals surface area contributed by atoms with Gasteiger partial charge >= 0.3 is 0 Å². The van der Waals surface area contributed by atoms with Crippen LogP contribution in [0.15, 0.2) is 18.2 Å². The molecule has 0 unspecified atom stereocenters. The monoisotopic (exact) mass is 232 g/mol. The van der Waals surface area contributed by atoms with Gasteiger partial charge in [0.2, 0.25) is 11.8 Å². The minimum absolute atomic E-state index is 0.0851. The molecule has 1 aliphatic heterocycles. The highest BCUT2D eigenvalue weighted by atomic mass is 16.2. The van der Waals surface area contributed by atoms with Gasteiger partial charge in [0.05, 0.1) is 0 Å². The van der Waals surface area contributed by atoms with Gasteiger partial charge < -0.3 is 10.2 Å². The van der Waals surface area contributed by atoms with E-state index in [0.29, 0.717) is 6.42 Å². The van der Waals surface area contributed by atoms with E-state index in [2.05, 4.69) is 5.32 Å². The number of aryl methyl sites for hydroxylation is 1. The van der Waals surface area contributed by atoms with Gasteiger partial charge in [-0.2, -0.15) is 0 Å². The molecule has 1 saturated heterocycles. The molecule has 4 nitrogen and oxygen atoms in total. The summed E-state index contributed by atoms with van der Waals surface area (Å²) < 4.78 is 0. The fraction of sp³-hybridized carbons (Fsp3) is 0.385. The maximum atomic E-state index is 11.6. The van der Waals surface area contributed by atoms with Crippen LogP contribution in [-0.2, 0) is 9.59 Å². The van der Waals surface area contributed by atoms with Gasteiger partial charge in [0.1, 0.15) is 0 Å². The molecule has 4 heteroatoms. The number of benzene rings is 1. The van der Waals surface area contributed by atoms with E-state index in [-0.39, 0.29) is 11.8 Å². The fourth-order valence-corrected chi connectivity index (χ4v) is 2.07. The average molecular weight is 232 g/mol. The summed E-state index contributed by atoms with van der Waals surface area (Å²) in [6.07, 6.45) is 1.55. The van der Waals surface area contributed by atoms with E-state index in [1.54, 1.807) is 4.90 Å². The lowest BCUT2D eigenvalue weighted by molar-refractivity contribution is -0.117. The second kappa shape index (κ2) is 4.57. The van der Waals surface area contributed by atoms with Crippen molar-refractivity contribution in [3.8, 4) is 0 Å². The van der Waals surface area contributed by atoms with Crippen molar-refractivity contribution in [2.24, 2.45) is 0 Å². The summed E-state index contributed by atoms with van der Waals surface area (Å²) in [4.78, 5) is 24.4. The van der Waals surface area contributed by atoms with Crippen LogP contribution < -0.4 is 10.2 Å². The van der Waals surface area contributed by atoms with Crippen molar-refractivity contribution in [3.05, 3.63) is 23.8 Å². The van der Waals surface area contributed by atoms with Gasteiger partial charge in [-0.25, -0.2) is 0 Å². The molecule has 1 aromatic carbocycles. The standard InChI is InChI=1S/C13H16N2O2/c1-9-8-11(15-7-3-4-13(15)17)5-6-12(9)14-10(2)16/h5-6,8H,3-4,7H2,1-2H3,(H,14,16). The summed E-state index contributed by atoms with van der Waals surface area (Å²) in [5.41, 5.74) is 2.68. The van der Waals surface area contributed by atoms with Crippen LogP contribution >= 0.6 is 0 Å². The topological polar surface area (TPSA) is 49.4 Å². The number of amides is 2. The molecule has 0 saturated carbocycles. The smallest absolute Gasteiger partial charge is 0.227 e. The van der Waals surface area contributed by atoms with Crippen LogP contribution in [0.4, 0.5) is 11.4 Å². The summed E-state index contributed by atoms with van der Waals surface area (Å²) in [6.45, 7) is 4.20. The summed E-state index contributed by atoms with van der Waals surface area (Å²) >= 11 is 0. The number of nitrogens with one attached hydrogen (secondary N) is 1. The van der Waals surface area contributed by atoms with Gasteiger partial charge in [0.25, 0.3) is 0 Å². The quantitative estimate of drug-likeness (QED) is 0.848. The number of carbonyl (C=O) groups is 2. The lowest BCUT2D eigenvalue weighted by Gasteiger charge is -2.17. The number of anilines is 2. The van der Waals surface area contributed by atoms with Crippen molar-refractivity contribution in [1.82, 2.24) is 0 Å². The van der Waals surface area contributed by atoms with E-state index in [9.17, 15) is 9.59 Å². The van der Waals surface area contributed by atoms with Crippen LogP contribution in [0.2, 0.25) is 0 Å². The number of carbonyl (C=O) groups excluding carboxylic acids is 2. The maximum Gasteiger partial charge on any atom is 0.227 e. The minimum Gasteiger partial charge on any atom is -0.326 e. The Hall–Kier alpha value is -1.84. The van der Waals surface area contributed by atoms with Gasteiger partial charge in [-0.05, 0) is 37.1 Å². The lowest BCUT2D eigenvalue weighted by Crippen LogP contribution is -2.23. The maximum absolute atomic E-state index is 11.6. The third kappa shape index (κ3) is 2.46. The summed E-state index contributed by atoms with van der Waals surface area (Å²) in [6, 6.07) is 5.66. The van der Waals surface area contributed by atoms with Crippen molar-refractivity contribution in [1.29, 1.82) is 0 Å². The van der Waals surface area contributed by atoms with E-state index >= 15 is 0 Å². The zero-order chi connectivity index (χ0) is 12.4. The third-order valence-electron chi connectivity index (χ3n) is 2.91. The minimum atomic E-state index is -0.0851. The first-order valence-electron chi connectivity index (χ1n) is 5.76. The first kappa shape index (κ1) is 11.6. The van der Waals surface area contributed by atoms with E-state index in [1.165, 1.54) is 6.92 Å². The highest BCUT2D eigenvalue weighted by molar-refractivity contribution is 5.96. The van der Waals surface area contributed by atoms with Crippen LogP contribution in [-0.4, -0.2) is 18.4 Å². The molecular formula is C13H16N2O2. The normalized spacial score (nSPS) is 15.2. The first-order valence-corrected chi connectivity index (χ1v) is 5.76. The predicted octanol–water partition coefficient (Wildman–Crippen LogP) is 2.08. The molecule has 2 rings (SSSR count). The zero-order valence-electron chi connectivity index (χ0n) is 10.1. The molecule has 2 amide bonds. The Balaban J connectivity index is 2.24. The number of nitrogens with zero attached hydrogens (tertiary/aromatic N) is 1. The van der Waals surface area contributed by atoms with Crippen LogP contribution in [0.5, 0.6) is 0 Å². The Morgan fingerprint density at radius 1 is 1.41 bits per heavy atom. The van der Waals surface area contributed by atoms with Crippen molar-refractivity contribution in [2.75, 3.05) is 16.8 Å². The highest BCUT2D eigenvalue weighted by Gasteiger charge is 2.21. The second-order valence-electron chi connectivity index (χ2n) is 4.33. The van der Waals surface area contributed by atoms with Crippen molar-refractivity contribution in [3.63, 3.8) is 0 Å². The third-order valence-corrected chi connectivity index (χ3v) is 2.91. The second-order valence-corrected chi connectivity index (χ2v) is 4.33. The first-order chi connectivity index (χ1) is 8.08. The number of hydrogen-bond acceptors (Lipinski definition) is 2. The van der Waals surface area contributed by atoms with Gasteiger partial charge in [-0.15, -0.1) is 0 Å². The Morgan fingerprint density at radius 2 is 2.18 bits per heavy atom. The van der Waals surface area contributed by atoms with Crippen LogP contribution in [0.3, 0.4) is 0 Å².